The summed E-state index contributed by atoms with van der Waals surface area (Å²) in [6.07, 6.45) is 6.34. The molecule has 1 atom stereocenters. The fraction of sp³-hybridized carbons (Fsp3) is 0.615. The van der Waals surface area contributed by atoms with E-state index in [4.69, 9.17) is 11.6 Å². The summed E-state index contributed by atoms with van der Waals surface area (Å²) < 4.78 is 27.1. The van der Waals surface area contributed by atoms with Gasteiger partial charge in [0.1, 0.15) is 10.0 Å². The third-order valence-electron chi connectivity index (χ3n) is 3.61. The number of rotatable bonds is 3. The number of hydrogen-bond donors (Lipinski definition) is 0. The number of halogens is 1. The van der Waals surface area contributed by atoms with Crippen molar-refractivity contribution in [2.45, 2.75) is 50.0 Å². The Morgan fingerprint density at radius 1 is 1.42 bits per heavy atom. The Morgan fingerprint density at radius 3 is 2.89 bits per heavy atom. The van der Waals surface area contributed by atoms with E-state index in [1.54, 1.807) is 10.4 Å². The maximum absolute atomic E-state index is 12.7. The Labute approximate surface area is 119 Å². The van der Waals surface area contributed by atoms with Crippen molar-refractivity contribution in [3.8, 4) is 0 Å². The summed E-state index contributed by atoms with van der Waals surface area (Å²) in [5.74, 6) is 0. The molecule has 1 fully saturated rings. The molecule has 0 amide bonds. The molecule has 4 nitrogen and oxygen atoms in total. The molecule has 0 bridgehead atoms. The van der Waals surface area contributed by atoms with Gasteiger partial charge in [0, 0.05) is 18.8 Å². The number of pyridine rings is 1. The first-order chi connectivity index (χ1) is 9.07. The van der Waals surface area contributed by atoms with Crippen LogP contribution >= 0.6 is 11.6 Å². The molecule has 2 rings (SSSR count). The smallest absolute Gasteiger partial charge is 0.243 e. The molecular weight excluding hydrogens is 284 g/mol. The van der Waals surface area contributed by atoms with Gasteiger partial charge in [-0.1, -0.05) is 31.4 Å². The molecule has 2 heterocycles. The van der Waals surface area contributed by atoms with Gasteiger partial charge in [0.05, 0.1) is 0 Å². The average Bonchev–Trinajstić information content (AvgIpc) is 2.64. The predicted octanol–water partition coefficient (Wildman–Crippen LogP) is 3.08. The number of aromatic nitrogens is 1. The highest BCUT2D eigenvalue weighted by molar-refractivity contribution is 7.89. The van der Waals surface area contributed by atoms with E-state index in [1.807, 2.05) is 6.92 Å². The lowest BCUT2D eigenvalue weighted by atomic mass is 10.1. The zero-order valence-corrected chi connectivity index (χ0v) is 12.6. The second kappa shape index (κ2) is 6.20. The van der Waals surface area contributed by atoms with E-state index in [2.05, 4.69) is 4.98 Å². The van der Waals surface area contributed by atoms with Gasteiger partial charge < -0.3 is 0 Å². The Kier molecular flexibility index (Phi) is 4.81. The molecule has 0 radical (unpaired) electrons. The van der Waals surface area contributed by atoms with Crippen LogP contribution in [0.4, 0.5) is 0 Å². The normalized spacial score (nSPS) is 22.1. The lowest BCUT2D eigenvalue weighted by Gasteiger charge is -2.28. The van der Waals surface area contributed by atoms with Gasteiger partial charge in [-0.15, -0.1) is 0 Å². The molecule has 106 valence electrons. The molecule has 1 unspecified atom stereocenters. The summed E-state index contributed by atoms with van der Waals surface area (Å²) in [7, 11) is -3.54. The molecular formula is C13H19ClN2O2S. The van der Waals surface area contributed by atoms with Crippen molar-refractivity contribution in [1.82, 2.24) is 9.29 Å². The third-order valence-corrected chi connectivity index (χ3v) is 6.00. The van der Waals surface area contributed by atoms with Crippen LogP contribution in [0.5, 0.6) is 0 Å². The Hall–Kier alpha value is -0.650. The lowest BCUT2D eigenvalue weighted by molar-refractivity contribution is 0.315. The molecule has 6 heteroatoms. The Morgan fingerprint density at radius 2 is 2.21 bits per heavy atom. The van der Waals surface area contributed by atoms with Crippen molar-refractivity contribution in [3.63, 3.8) is 0 Å². The van der Waals surface area contributed by atoms with Crippen LogP contribution < -0.4 is 0 Å². The summed E-state index contributed by atoms with van der Waals surface area (Å²) in [5.41, 5.74) is 0. The first kappa shape index (κ1) is 14.8. The second-order valence-corrected chi connectivity index (χ2v) is 7.04. The van der Waals surface area contributed by atoms with E-state index in [-0.39, 0.29) is 16.1 Å². The quantitative estimate of drug-likeness (QED) is 0.806. The van der Waals surface area contributed by atoms with Gasteiger partial charge in [0.2, 0.25) is 10.0 Å². The van der Waals surface area contributed by atoms with Crippen molar-refractivity contribution in [2.75, 3.05) is 6.54 Å². The molecule has 1 saturated heterocycles. The zero-order valence-electron chi connectivity index (χ0n) is 11.0. The summed E-state index contributed by atoms with van der Waals surface area (Å²) in [5, 5.41) is 0.0570. The van der Waals surface area contributed by atoms with Crippen LogP contribution in [-0.4, -0.2) is 30.3 Å². The highest BCUT2D eigenvalue weighted by atomic mass is 35.5. The monoisotopic (exact) mass is 302 g/mol. The average molecular weight is 303 g/mol. The van der Waals surface area contributed by atoms with Crippen LogP contribution in [0.25, 0.3) is 0 Å². The van der Waals surface area contributed by atoms with Crippen LogP contribution in [0.1, 0.15) is 39.0 Å². The maximum atomic E-state index is 12.7. The molecule has 0 N–H and O–H groups in total. The van der Waals surface area contributed by atoms with Crippen molar-refractivity contribution in [2.24, 2.45) is 0 Å². The van der Waals surface area contributed by atoms with E-state index >= 15 is 0 Å². The van der Waals surface area contributed by atoms with Crippen LogP contribution in [0.2, 0.25) is 5.15 Å². The third kappa shape index (κ3) is 3.09. The van der Waals surface area contributed by atoms with Gasteiger partial charge in [0.15, 0.2) is 0 Å². The summed E-state index contributed by atoms with van der Waals surface area (Å²) >= 11 is 5.94. The van der Waals surface area contributed by atoms with Crippen LogP contribution in [-0.2, 0) is 10.0 Å². The van der Waals surface area contributed by atoms with Gasteiger partial charge in [-0.3, -0.25) is 0 Å². The molecule has 1 aliphatic heterocycles. The SMILES string of the molecule is CCC1CCCCCN1S(=O)(=O)c1cccnc1Cl. The van der Waals surface area contributed by atoms with Gasteiger partial charge in [-0.25, -0.2) is 13.4 Å². The number of hydrogen-bond acceptors (Lipinski definition) is 3. The molecule has 1 aromatic heterocycles. The summed E-state index contributed by atoms with van der Waals surface area (Å²) in [6, 6.07) is 3.21. The molecule has 0 aromatic carbocycles. The minimum absolute atomic E-state index is 0.0570. The Balaban J connectivity index is 2.39. The van der Waals surface area contributed by atoms with Crippen LogP contribution in [0, 0.1) is 0 Å². The first-order valence-electron chi connectivity index (χ1n) is 6.69. The number of nitrogens with zero attached hydrogens (tertiary/aromatic N) is 2. The molecule has 19 heavy (non-hydrogen) atoms. The highest BCUT2D eigenvalue weighted by Gasteiger charge is 2.32. The molecule has 1 aromatic rings. The topological polar surface area (TPSA) is 50.3 Å². The highest BCUT2D eigenvalue weighted by Crippen LogP contribution is 2.28. The molecule has 1 aliphatic rings. The predicted molar refractivity (Wildman–Crippen MR) is 75.7 cm³/mol. The minimum atomic E-state index is -3.54. The van der Waals surface area contributed by atoms with Crippen LogP contribution in [0.15, 0.2) is 23.2 Å². The van der Waals surface area contributed by atoms with Crippen molar-refractivity contribution >= 4 is 21.6 Å². The van der Waals surface area contributed by atoms with Crippen molar-refractivity contribution < 1.29 is 8.42 Å². The lowest BCUT2D eigenvalue weighted by Crippen LogP contribution is -2.39. The van der Waals surface area contributed by atoms with E-state index in [0.29, 0.717) is 6.54 Å². The Bertz CT molecular complexity index is 533. The van der Waals surface area contributed by atoms with E-state index in [1.165, 1.54) is 12.3 Å². The minimum Gasteiger partial charge on any atom is -0.243 e. The van der Waals surface area contributed by atoms with Crippen LogP contribution in [0.3, 0.4) is 0 Å². The zero-order chi connectivity index (χ0) is 13.9. The van der Waals surface area contributed by atoms with Gasteiger partial charge in [-0.05, 0) is 31.4 Å². The first-order valence-corrected chi connectivity index (χ1v) is 8.51. The fourth-order valence-electron chi connectivity index (χ4n) is 2.57. The van der Waals surface area contributed by atoms with Gasteiger partial charge in [-0.2, -0.15) is 4.31 Å². The second-order valence-electron chi connectivity index (χ2n) is 4.82. The molecule has 0 saturated carbocycles. The van der Waals surface area contributed by atoms with Gasteiger partial charge >= 0.3 is 0 Å². The van der Waals surface area contributed by atoms with E-state index in [0.717, 1.165) is 32.1 Å². The van der Waals surface area contributed by atoms with E-state index in [9.17, 15) is 8.42 Å². The largest absolute Gasteiger partial charge is 0.246 e. The fourth-order valence-corrected chi connectivity index (χ4v) is 4.76. The standard InChI is InChI=1S/C13H19ClN2O2S/c1-2-11-7-4-3-5-10-16(11)19(17,18)12-8-6-9-15-13(12)14/h6,8-9,11H,2-5,7,10H2,1H3. The number of sulfonamides is 1. The molecule has 0 spiro atoms. The van der Waals surface area contributed by atoms with Crippen molar-refractivity contribution in [3.05, 3.63) is 23.5 Å². The van der Waals surface area contributed by atoms with Crippen molar-refractivity contribution in [1.29, 1.82) is 0 Å². The summed E-state index contributed by atoms with van der Waals surface area (Å²) in [6.45, 7) is 2.61. The maximum Gasteiger partial charge on any atom is 0.246 e. The molecule has 0 aliphatic carbocycles. The van der Waals surface area contributed by atoms with E-state index < -0.39 is 10.0 Å². The summed E-state index contributed by atoms with van der Waals surface area (Å²) in [4.78, 5) is 4.00. The van der Waals surface area contributed by atoms with Gasteiger partial charge in [0.25, 0.3) is 0 Å².